The van der Waals surface area contributed by atoms with Crippen molar-refractivity contribution < 1.29 is 4.79 Å². The molecule has 0 saturated carbocycles. The maximum Gasteiger partial charge on any atom is 0.251 e. The van der Waals surface area contributed by atoms with E-state index < -0.39 is 0 Å². The van der Waals surface area contributed by atoms with Crippen LogP contribution in [0.2, 0.25) is 0 Å². The Morgan fingerprint density at radius 3 is 3.00 bits per heavy atom. The Morgan fingerprint density at radius 1 is 1.41 bits per heavy atom. The molecule has 2 aliphatic rings. The van der Waals surface area contributed by atoms with Gasteiger partial charge in [-0.1, -0.05) is 6.92 Å². The van der Waals surface area contributed by atoms with Crippen LogP contribution in [0.3, 0.4) is 0 Å². The van der Waals surface area contributed by atoms with Gasteiger partial charge < -0.3 is 15.5 Å². The first-order valence-corrected chi connectivity index (χ1v) is 7.66. The van der Waals surface area contributed by atoms with Crippen LogP contribution in [-0.4, -0.2) is 43.0 Å². The van der Waals surface area contributed by atoms with E-state index in [1.807, 2.05) is 18.2 Å². The number of benzene rings is 1. The number of amides is 1. The van der Waals surface area contributed by atoms with Crippen molar-refractivity contribution >= 4 is 36.4 Å². The number of nitrogens with one attached hydrogen (secondary N) is 2. The summed E-state index contributed by atoms with van der Waals surface area (Å²) in [6, 6.07) is 6.27. The lowest BCUT2D eigenvalue weighted by Gasteiger charge is -2.32. The van der Waals surface area contributed by atoms with E-state index in [2.05, 4.69) is 22.5 Å². The number of nitrogens with zero attached hydrogens (tertiary/aromatic N) is 1. The average Bonchev–Trinajstić information content (AvgIpc) is 2.94. The van der Waals surface area contributed by atoms with Gasteiger partial charge in [-0.2, -0.15) is 0 Å². The SMILES string of the molecule is CCN1CCCC(NC(=O)c2ccc3c(c2)CCN3)C1.Cl.Cl. The van der Waals surface area contributed by atoms with E-state index in [9.17, 15) is 4.79 Å². The molecule has 3 rings (SSSR count). The average molecular weight is 346 g/mol. The Bertz CT molecular complexity index is 510. The first kappa shape index (κ1) is 19.1. The molecular weight excluding hydrogens is 321 g/mol. The molecule has 1 unspecified atom stereocenters. The lowest BCUT2D eigenvalue weighted by atomic mass is 10.0. The number of halogens is 2. The Morgan fingerprint density at radius 2 is 2.23 bits per heavy atom. The summed E-state index contributed by atoms with van der Waals surface area (Å²) < 4.78 is 0. The van der Waals surface area contributed by atoms with Crippen LogP contribution < -0.4 is 10.6 Å². The van der Waals surface area contributed by atoms with Crippen molar-refractivity contribution in [2.75, 3.05) is 31.5 Å². The predicted octanol–water partition coefficient (Wildman–Crippen LogP) is 2.71. The summed E-state index contributed by atoms with van der Waals surface area (Å²) in [6.45, 7) is 6.37. The summed E-state index contributed by atoms with van der Waals surface area (Å²) >= 11 is 0. The summed E-state index contributed by atoms with van der Waals surface area (Å²) in [5, 5.41) is 6.51. The van der Waals surface area contributed by atoms with E-state index in [1.54, 1.807) is 0 Å². The van der Waals surface area contributed by atoms with Gasteiger partial charge in [0.1, 0.15) is 0 Å². The Labute approximate surface area is 144 Å². The molecule has 2 N–H and O–H groups in total. The van der Waals surface area contributed by atoms with E-state index in [0.717, 1.165) is 44.6 Å². The van der Waals surface area contributed by atoms with Crippen LogP contribution in [0.15, 0.2) is 18.2 Å². The van der Waals surface area contributed by atoms with Crippen LogP contribution >= 0.6 is 24.8 Å². The fourth-order valence-corrected chi connectivity index (χ4v) is 3.18. The molecular formula is C16H25Cl2N3O. The minimum atomic E-state index is 0. The van der Waals surface area contributed by atoms with Crippen LogP contribution in [0.5, 0.6) is 0 Å². The number of carbonyl (C=O) groups excluding carboxylic acids is 1. The van der Waals surface area contributed by atoms with Gasteiger partial charge in [-0.05, 0) is 56.1 Å². The van der Waals surface area contributed by atoms with Crippen molar-refractivity contribution in [2.24, 2.45) is 0 Å². The third-order valence-electron chi connectivity index (χ3n) is 4.37. The minimum Gasteiger partial charge on any atom is -0.384 e. The van der Waals surface area contributed by atoms with Gasteiger partial charge in [-0.15, -0.1) is 24.8 Å². The lowest BCUT2D eigenvalue weighted by Crippen LogP contribution is -2.47. The van der Waals surface area contributed by atoms with Gasteiger partial charge in [0.2, 0.25) is 0 Å². The second kappa shape index (κ2) is 8.61. The molecule has 4 nitrogen and oxygen atoms in total. The molecule has 124 valence electrons. The van der Waals surface area contributed by atoms with E-state index in [1.165, 1.54) is 17.7 Å². The molecule has 0 aliphatic carbocycles. The molecule has 0 aromatic heterocycles. The van der Waals surface area contributed by atoms with Gasteiger partial charge in [-0.25, -0.2) is 0 Å². The normalized spacial score (nSPS) is 20.1. The van der Waals surface area contributed by atoms with Gasteiger partial charge in [0.05, 0.1) is 0 Å². The fraction of sp³-hybridized carbons (Fsp3) is 0.562. The predicted molar refractivity (Wildman–Crippen MR) is 95.7 cm³/mol. The van der Waals surface area contributed by atoms with E-state index in [4.69, 9.17) is 0 Å². The monoisotopic (exact) mass is 345 g/mol. The topological polar surface area (TPSA) is 44.4 Å². The highest BCUT2D eigenvalue weighted by Gasteiger charge is 2.21. The van der Waals surface area contributed by atoms with Crippen LogP contribution in [0.1, 0.15) is 35.7 Å². The molecule has 1 aromatic rings. The van der Waals surface area contributed by atoms with Crippen molar-refractivity contribution in [1.29, 1.82) is 0 Å². The molecule has 1 amide bonds. The maximum absolute atomic E-state index is 12.4. The molecule has 2 aliphatic heterocycles. The first-order chi connectivity index (χ1) is 9.76. The van der Waals surface area contributed by atoms with Crippen LogP contribution in [0.4, 0.5) is 5.69 Å². The van der Waals surface area contributed by atoms with E-state index in [0.29, 0.717) is 6.04 Å². The smallest absolute Gasteiger partial charge is 0.251 e. The zero-order chi connectivity index (χ0) is 13.9. The molecule has 0 radical (unpaired) electrons. The van der Waals surface area contributed by atoms with Gasteiger partial charge in [0, 0.05) is 30.4 Å². The third kappa shape index (κ3) is 4.28. The third-order valence-corrected chi connectivity index (χ3v) is 4.37. The van der Waals surface area contributed by atoms with Crippen molar-refractivity contribution in [1.82, 2.24) is 10.2 Å². The number of piperidine rings is 1. The number of carbonyl (C=O) groups is 1. The van der Waals surface area contributed by atoms with Crippen molar-refractivity contribution in [2.45, 2.75) is 32.2 Å². The number of fused-ring (bicyclic) bond motifs is 1. The molecule has 1 fully saturated rings. The van der Waals surface area contributed by atoms with Crippen molar-refractivity contribution in [3.05, 3.63) is 29.3 Å². The van der Waals surface area contributed by atoms with Crippen molar-refractivity contribution in [3.63, 3.8) is 0 Å². The number of likely N-dealkylation sites (N-methyl/N-ethyl adjacent to an activating group) is 1. The second-order valence-electron chi connectivity index (χ2n) is 5.75. The lowest BCUT2D eigenvalue weighted by molar-refractivity contribution is 0.0906. The molecule has 1 aromatic carbocycles. The van der Waals surface area contributed by atoms with Gasteiger partial charge in [0.15, 0.2) is 0 Å². The van der Waals surface area contributed by atoms with Gasteiger partial charge in [-0.3, -0.25) is 4.79 Å². The fourth-order valence-electron chi connectivity index (χ4n) is 3.18. The van der Waals surface area contributed by atoms with Crippen LogP contribution in [0.25, 0.3) is 0 Å². The largest absolute Gasteiger partial charge is 0.384 e. The van der Waals surface area contributed by atoms with E-state index >= 15 is 0 Å². The first-order valence-electron chi connectivity index (χ1n) is 7.66. The number of hydrogen-bond acceptors (Lipinski definition) is 3. The molecule has 0 spiro atoms. The zero-order valence-corrected chi connectivity index (χ0v) is 14.6. The van der Waals surface area contributed by atoms with Crippen molar-refractivity contribution in [3.8, 4) is 0 Å². The summed E-state index contributed by atoms with van der Waals surface area (Å²) in [5.74, 6) is 0.0719. The van der Waals surface area contributed by atoms with Gasteiger partial charge >= 0.3 is 0 Å². The molecule has 2 heterocycles. The minimum absolute atomic E-state index is 0. The zero-order valence-electron chi connectivity index (χ0n) is 12.9. The van der Waals surface area contributed by atoms with E-state index in [-0.39, 0.29) is 30.7 Å². The highest BCUT2D eigenvalue weighted by molar-refractivity contribution is 5.95. The summed E-state index contributed by atoms with van der Waals surface area (Å²) in [6.07, 6.45) is 3.28. The molecule has 1 atom stereocenters. The van der Waals surface area contributed by atoms with Gasteiger partial charge in [0.25, 0.3) is 5.91 Å². The number of rotatable bonds is 3. The highest BCUT2D eigenvalue weighted by Crippen LogP contribution is 2.23. The molecule has 6 heteroatoms. The summed E-state index contributed by atoms with van der Waals surface area (Å²) in [4.78, 5) is 14.8. The molecule has 1 saturated heterocycles. The molecule has 0 bridgehead atoms. The molecule has 22 heavy (non-hydrogen) atoms. The number of likely N-dealkylation sites (tertiary alicyclic amines) is 1. The number of anilines is 1. The second-order valence-corrected chi connectivity index (χ2v) is 5.75. The van der Waals surface area contributed by atoms with Crippen LogP contribution in [0, 0.1) is 0 Å². The van der Waals surface area contributed by atoms with Crippen LogP contribution in [-0.2, 0) is 6.42 Å². The highest BCUT2D eigenvalue weighted by atomic mass is 35.5. The maximum atomic E-state index is 12.4. The summed E-state index contributed by atoms with van der Waals surface area (Å²) in [7, 11) is 0. The quantitative estimate of drug-likeness (QED) is 0.885. The standard InChI is InChI=1S/C16H23N3O.2ClH/c1-2-19-9-3-4-14(11-19)18-16(20)13-5-6-15-12(10-13)7-8-17-15;;/h5-6,10,14,17H,2-4,7-9,11H2,1H3,(H,18,20);2*1H. The Balaban J connectivity index is 0.00000121. The number of hydrogen-bond donors (Lipinski definition) is 2. The Hall–Kier alpha value is -0.970. The Kier molecular flexibility index (Phi) is 7.46. The summed E-state index contributed by atoms with van der Waals surface area (Å²) in [5.41, 5.74) is 3.23.